The van der Waals surface area contributed by atoms with Crippen LogP contribution in [0.1, 0.15) is 17.3 Å². The largest absolute Gasteiger partial charge is 0.462 e. The number of hydrogen-bond acceptors (Lipinski definition) is 4. The van der Waals surface area contributed by atoms with Crippen LogP contribution < -0.4 is 0 Å². The summed E-state index contributed by atoms with van der Waals surface area (Å²) in [5, 5.41) is 10.4. The molecule has 0 aromatic heterocycles. The van der Waals surface area contributed by atoms with Crippen LogP contribution in [0.3, 0.4) is 0 Å². The van der Waals surface area contributed by atoms with Gasteiger partial charge in [-0.05, 0) is 28.9 Å². The van der Waals surface area contributed by atoms with E-state index in [2.05, 4.69) is 20.7 Å². The van der Waals surface area contributed by atoms with E-state index in [1.807, 2.05) is 0 Å². The van der Waals surface area contributed by atoms with Gasteiger partial charge in [-0.25, -0.2) is 4.79 Å². The summed E-state index contributed by atoms with van der Waals surface area (Å²) in [7, 11) is 0. The fraction of sp³-hybridized carbons (Fsp3) is 0.222. The Morgan fingerprint density at radius 3 is 2.75 bits per heavy atom. The molecule has 5 nitrogen and oxygen atoms in total. The van der Waals surface area contributed by atoms with Gasteiger partial charge in [0.15, 0.2) is 0 Å². The molecule has 0 aliphatic rings. The van der Waals surface area contributed by atoms with E-state index in [1.54, 1.807) is 6.92 Å². The molecule has 0 spiro atoms. The number of esters is 1. The van der Waals surface area contributed by atoms with Gasteiger partial charge in [0, 0.05) is 6.07 Å². The second kappa shape index (κ2) is 5.02. The first-order valence-corrected chi connectivity index (χ1v) is 5.07. The van der Waals surface area contributed by atoms with Crippen molar-refractivity contribution in [1.82, 2.24) is 0 Å². The summed E-state index contributed by atoms with van der Waals surface area (Å²) < 4.78 is 17.8. The lowest BCUT2D eigenvalue weighted by molar-refractivity contribution is -0.387. The summed E-state index contributed by atoms with van der Waals surface area (Å²) in [6.07, 6.45) is 0. The maximum absolute atomic E-state index is 13.4. The number of nitro benzene ring substituents is 1. The molecule has 1 aromatic carbocycles. The normalized spacial score (nSPS) is 9.94. The zero-order chi connectivity index (χ0) is 12.3. The monoisotopic (exact) mass is 291 g/mol. The molecule has 1 aromatic rings. The molecule has 0 N–H and O–H groups in total. The fourth-order valence-electron chi connectivity index (χ4n) is 1.05. The summed E-state index contributed by atoms with van der Waals surface area (Å²) in [6, 6.07) is 2.07. The minimum Gasteiger partial charge on any atom is -0.462 e. The van der Waals surface area contributed by atoms with Crippen LogP contribution in [-0.4, -0.2) is 17.5 Å². The molecule has 0 unspecified atom stereocenters. The van der Waals surface area contributed by atoms with Crippen molar-refractivity contribution in [2.45, 2.75) is 6.92 Å². The number of ether oxygens (including phenoxy) is 1. The molecular formula is C9H7BrFNO4. The van der Waals surface area contributed by atoms with Gasteiger partial charge in [0.1, 0.15) is 0 Å². The number of rotatable bonds is 3. The van der Waals surface area contributed by atoms with Crippen LogP contribution in [0.5, 0.6) is 0 Å². The van der Waals surface area contributed by atoms with Crippen LogP contribution in [0.4, 0.5) is 10.1 Å². The number of carbonyl (C=O) groups is 1. The first-order chi connectivity index (χ1) is 7.49. The lowest BCUT2D eigenvalue weighted by Gasteiger charge is -2.04. The van der Waals surface area contributed by atoms with E-state index in [0.717, 1.165) is 12.1 Å². The Bertz CT molecular complexity index is 449. The Kier molecular flexibility index (Phi) is 3.94. The van der Waals surface area contributed by atoms with Gasteiger partial charge in [-0.1, -0.05) is 0 Å². The topological polar surface area (TPSA) is 69.4 Å². The molecule has 0 bridgehead atoms. The maximum atomic E-state index is 13.4. The average molecular weight is 292 g/mol. The van der Waals surface area contributed by atoms with Crippen molar-refractivity contribution in [3.8, 4) is 0 Å². The molecule has 1 rings (SSSR count). The van der Waals surface area contributed by atoms with E-state index in [-0.39, 0.29) is 16.6 Å². The second-order valence-corrected chi connectivity index (χ2v) is 3.53. The van der Waals surface area contributed by atoms with Gasteiger partial charge < -0.3 is 4.74 Å². The zero-order valence-corrected chi connectivity index (χ0v) is 9.78. The fourth-order valence-corrected chi connectivity index (χ4v) is 1.54. The van der Waals surface area contributed by atoms with Gasteiger partial charge in [-0.2, -0.15) is 4.39 Å². The molecule has 0 saturated carbocycles. The van der Waals surface area contributed by atoms with E-state index in [1.165, 1.54) is 0 Å². The summed E-state index contributed by atoms with van der Waals surface area (Å²) >= 11 is 2.79. The summed E-state index contributed by atoms with van der Waals surface area (Å²) in [5.74, 6) is -1.82. The van der Waals surface area contributed by atoms with Crippen LogP contribution in [0.2, 0.25) is 0 Å². The van der Waals surface area contributed by atoms with Gasteiger partial charge in [-0.3, -0.25) is 10.1 Å². The molecule has 0 radical (unpaired) electrons. The van der Waals surface area contributed by atoms with Crippen LogP contribution in [0.15, 0.2) is 16.6 Å². The standard InChI is InChI=1S/C9H7BrFNO4/c1-2-16-9(13)5-3-4-6(12(14)15)8(11)7(5)10/h3-4H,2H2,1H3. The molecule has 0 fully saturated rings. The van der Waals surface area contributed by atoms with Gasteiger partial charge in [-0.15, -0.1) is 0 Å². The van der Waals surface area contributed by atoms with Crippen molar-refractivity contribution >= 4 is 27.6 Å². The lowest BCUT2D eigenvalue weighted by atomic mass is 10.2. The van der Waals surface area contributed by atoms with Gasteiger partial charge in [0.05, 0.1) is 21.6 Å². The van der Waals surface area contributed by atoms with E-state index >= 15 is 0 Å². The van der Waals surface area contributed by atoms with E-state index in [4.69, 9.17) is 0 Å². The van der Waals surface area contributed by atoms with Crippen LogP contribution in [0.25, 0.3) is 0 Å². The highest BCUT2D eigenvalue weighted by molar-refractivity contribution is 9.10. The highest BCUT2D eigenvalue weighted by atomic mass is 79.9. The van der Waals surface area contributed by atoms with Crippen molar-refractivity contribution in [2.75, 3.05) is 6.61 Å². The summed E-state index contributed by atoms with van der Waals surface area (Å²) in [5.41, 5.74) is -0.773. The van der Waals surface area contributed by atoms with Crippen molar-refractivity contribution < 1.29 is 18.8 Å². The zero-order valence-electron chi connectivity index (χ0n) is 8.20. The van der Waals surface area contributed by atoms with Crippen molar-refractivity contribution in [3.63, 3.8) is 0 Å². The predicted octanol–water partition coefficient (Wildman–Crippen LogP) is 2.67. The third-order valence-electron chi connectivity index (χ3n) is 1.75. The first-order valence-electron chi connectivity index (χ1n) is 4.28. The van der Waals surface area contributed by atoms with E-state index in [0.29, 0.717) is 0 Å². The Labute approximate surface area is 98.5 Å². The Morgan fingerprint density at radius 2 is 2.25 bits per heavy atom. The average Bonchev–Trinajstić information content (AvgIpc) is 2.21. The van der Waals surface area contributed by atoms with Crippen LogP contribution in [-0.2, 0) is 4.74 Å². The molecule has 7 heteroatoms. The SMILES string of the molecule is CCOC(=O)c1ccc([N+](=O)[O-])c(F)c1Br. The molecule has 86 valence electrons. The predicted molar refractivity (Wildman–Crippen MR) is 56.7 cm³/mol. The Morgan fingerprint density at radius 1 is 1.62 bits per heavy atom. The number of nitrogens with zero attached hydrogens (tertiary/aromatic N) is 1. The summed E-state index contributed by atoms with van der Waals surface area (Å²) in [4.78, 5) is 20.9. The molecule has 16 heavy (non-hydrogen) atoms. The van der Waals surface area contributed by atoms with Crippen molar-refractivity contribution in [3.05, 3.63) is 38.1 Å². The van der Waals surface area contributed by atoms with Crippen molar-refractivity contribution in [1.29, 1.82) is 0 Å². The van der Waals surface area contributed by atoms with Gasteiger partial charge in [0.25, 0.3) is 0 Å². The highest BCUT2D eigenvalue weighted by Gasteiger charge is 2.23. The first kappa shape index (κ1) is 12.6. The Balaban J connectivity index is 3.21. The molecule has 0 saturated heterocycles. The highest BCUT2D eigenvalue weighted by Crippen LogP contribution is 2.28. The molecule has 0 heterocycles. The molecule has 0 aliphatic heterocycles. The minimum atomic E-state index is -1.09. The van der Waals surface area contributed by atoms with Crippen LogP contribution >= 0.6 is 15.9 Å². The minimum absolute atomic E-state index is 0.0787. The molecule has 0 aliphatic carbocycles. The van der Waals surface area contributed by atoms with Crippen molar-refractivity contribution in [2.24, 2.45) is 0 Å². The lowest BCUT2D eigenvalue weighted by Crippen LogP contribution is -2.07. The number of nitro groups is 1. The van der Waals surface area contributed by atoms with Gasteiger partial charge in [0.2, 0.25) is 5.82 Å². The van der Waals surface area contributed by atoms with Gasteiger partial charge >= 0.3 is 11.7 Å². The molecular weight excluding hydrogens is 285 g/mol. The number of hydrogen-bond donors (Lipinski definition) is 0. The second-order valence-electron chi connectivity index (χ2n) is 2.74. The number of benzene rings is 1. The van der Waals surface area contributed by atoms with E-state index < -0.39 is 22.4 Å². The maximum Gasteiger partial charge on any atom is 0.339 e. The van der Waals surface area contributed by atoms with Crippen LogP contribution in [0, 0.1) is 15.9 Å². The third kappa shape index (κ3) is 2.35. The summed E-state index contributed by atoms with van der Waals surface area (Å²) in [6.45, 7) is 1.75. The van der Waals surface area contributed by atoms with E-state index in [9.17, 15) is 19.3 Å². The smallest absolute Gasteiger partial charge is 0.339 e. The number of carbonyl (C=O) groups excluding carboxylic acids is 1. The Hall–Kier alpha value is -1.50. The molecule has 0 atom stereocenters. The number of halogens is 2. The quantitative estimate of drug-likeness (QED) is 0.488. The molecule has 0 amide bonds. The third-order valence-corrected chi connectivity index (χ3v) is 2.53.